The molecule has 1 fully saturated rings. The predicted molar refractivity (Wildman–Crippen MR) is 85.0 cm³/mol. The summed E-state index contributed by atoms with van der Waals surface area (Å²) in [5.74, 6) is -1.18. The number of likely N-dealkylation sites (tertiary alicyclic amines) is 1. The highest BCUT2D eigenvalue weighted by atomic mass is 16.6. The summed E-state index contributed by atoms with van der Waals surface area (Å²) in [7, 11) is 0. The van der Waals surface area contributed by atoms with Crippen LogP contribution in [0.3, 0.4) is 0 Å². The quantitative estimate of drug-likeness (QED) is 0.354. The van der Waals surface area contributed by atoms with E-state index < -0.39 is 16.8 Å². The van der Waals surface area contributed by atoms with Crippen LogP contribution < -0.4 is 0 Å². The fourth-order valence-electron chi connectivity index (χ4n) is 2.85. The van der Waals surface area contributed by atoms with E-state index in [1.165, 1.54) is 18.2 Å². The van der Waals surface area contributed by atoms with Gasteiger partial charge in [-0.3, -0.25) is 14.9 Å². The van der Waals surface area contributed by atoms with Gasteiger partial charge in [-0.05, 0) is 45.3 Å². The van der Waals surface area contributed by atoms with E-state index in [2.05, 4.69) is 0 Å². The number of piperidine rings is 1. The van der Waals surface area contributed by atoms with Crippen molar-refractivity contribution < 1.29 is 23.7 Å². The van der Waals surface area contributed by atoms with Crippen molar-refractivity contribution in [3.8, 4) is 0 Å². The second-order valence-corrected chi connectivity index (χ2v) is 5.80. The molecule has 1 saturated heterocycles. The zero-order valence-corrected chi connectivity index (χ0v) is 13.6. The molecule has 8 nitrogen and oxygen atoms in total. The maximum Gasteiger partial charge on any atom is 0.433 e. The van der Waals surface area contributed by atoms with E-state index in [1.54, 1.807) is 4.90 Å². The number of ether oxygens (including phenoxy) is 1. The van der Waals surface area contributed by atoms with Gasteiger partial charge in [0.15, 0.2) is 6.61 Å². The predicted octanol–water partition coefficient (Wildman–Crippen LogP) is 2.53. The molecule has 1 amide bonds. The minimum Gasteiger partial charge on any atom is -0.452 e. The Kier molecular flexibility index (Phi) is 5.73. The second kappa shape index (κ2) is 7.76. The van der Waals surface area contributed by atoms with Gasteiger partial charge in [0.05, 0.1) is 6.07 Å². The number of amides is 1. The van der Waals surface area contributed by atoms with E-state index >= 15 is 0 Å². The number of rotatable bonds is 5. The molecule has 0 N–H and O–H groups in total. The van der Waals surface area contributed by atoms with Gasteiger partial charge in [0.2, 0.25) is 0 Å². The minimum atomic E-state index is -0.709. The largest absolute Gasteiger partial charge is 0.452 e. The number of carbonyl (C=O) groups is 2. The Morgan fingerprint density at radius 1 is 1.38 bits per heavy atom. The number of hydrogen-bond donors (Lipinski definition) is 0. The first-order valence-electron chi connectivity index (χ1n) is 7.78. The molecule has 1 aromatic rings. The van der Waals surface area contributed by atoms with Crippen molar-refractivity contribution in [2.75, 3.05) is 6.61 Å². The average molecular weight is 336 g/mol. The fraction of sp³-hybridized carbons (Fsp3) is 0.500. The molecule has 24 heavy (non-hydrogen) atoms. The maximum atomic E-state index is 12.2. The van der Waals surface area contributed by atoms with E-state index in [0.29, 0.717) is 0 Å². The van der Waals surface area contributed by atoms with Crippen LogP contribution in [0.1, 0.15) is 38.9 Å². The maximum absolute atomic E-state index is 12.2. The highest BCUT2D eigenvalue weighted by Gasteiger charge is 2.29. The van der Waals surface area contributed by atoms with Crippen LogP contribution in [-0.2, 0) is 14.3 Å². The van der Waals surface area contributed by atoms with Crippen LogP contribution in [0.5, 0.6) is 0 Å². The molecule has 1 aliphatic rings. The molecule has 0 unspecified atom stereocenters. The average Bonchev–Trinajstić information content (AvgIpc) is 3.00. The molecule has 0 aromatic carbocycles. The SMILES string of the molecule is C[C@H]1CCC[C@H](C)N1C(=O)COC(=O)/C=C/c1ccc([N+](=O)[O-])o1. The number of nitrogens with zero attached hydrogens (tertiary/aromatic N) is 2. The number of hydrogen-bond acceptors (Lipinski definition) is 6. The second-order valence-electron chi connectivity index (χ2n) is 5.80. The van der Waals surface area contributed by atoms with Gasteiger partial charge in [-0.15, -0.1) is 0 Å². The monoisotopic (exact) mass is 336 g/mol. The summed E-state index contributed by atoms with van der Waals surface area (Å²) in [4.78, 5) is 35.4. The molecule has 8 heteroatoms. The molecule has 1 aliphatic heterocycles. The first-order valence-corrected chi connectivity index (χ1v) is 7.78. The molecule has 2 heterocycles. The third kappa shape index (κ3) is 4.43. The summed E-state index contributed by atoms with van der Waals surface area (Å²) in [5, 5.41) is 10.5. The molecule has 0 spiro atoms. The third-order valence-electron chi connectivity index (χ3n) is 4.00. The zero-order valence-electron chi connectivity index (χ0n) is 13.6. The lowest BCUT2D eigenvalue weighted by Gasteiger charge is -2.38. The zero-order chi connectivity index (χ0) is 17.7. The first-order chi connectivity index (χ1) is 11.4. The van der Waals surface area contributed by atoms with Crippen LogP contribution in [0.2, 0.25) is 0 Å². The van der Waals surface area contributed by atoms with Crippen molar-refractivity contribution in [2.45, 2.75) is 45.2 Å². The van der Waals surface area contributed by atoms with E-state index in [1.807, 2.05) is 13.8 Å². The van der Waals surface area contributed by atoms with E-state index in [-0.39, 0.29) is 30.4 Å². The minimum absolute atomic E-state index is 0.138. The van der Waals surface area contributed by atoms with Crippen LogP contribution >= 0.6 is 0 Å². The molecule has 0 saturated carbocycles. The van der Waals surface area contributed by atoms with Crippen LogP contribution in [0.15, 0.2) is 22.6 Å². The smallest absolute Gasteiger partial charge is 0.433 e. The normalized spacial score (nSPS) is 21.0. The Morgan fingerprint density at radius 2 is 2.04 bits per heavy atom. The number of furan rings is 1. The van der Waals surface area contributed by atoms with E-state index in [0.717, 1.165) is 25.3 Å². The molecule has 0 aliphatic carbocycles. The standard InChI is InChI=1S/C16H20N2O6/c1-11-4-3-5-12(2)17(11)14(19)10-23-16(20)9-7-13-6-8-15(24-13)18(21)22/h6-9,11-12H,3-5,10H2,1-2H3/b9-7+/t11-,12-/m0/s1. The first kappa shape index (κ1) is 17.7. The lowest BCUT2D eigenvalue weighted by atomic mass is 9.97. The van der Waals surface area contributed by atoms with E-state index in [9.17, 15) is 19.7 Å². The highest BCUT2D eigenvalue weighted by Crippen LogP contribution is 2.22. The Labute approximate surface area is 139 Å². The van der Waals surface area contributed by atoms with E-state index in [4.69, 9.17) is 9.15 Å². The van der Waals surface area contributed by atoms with Gasteiger partial charge in [0, 0.05) is 18.2 Å². The van der Waals surface area contributed by atoms with Gasteiger partial charge in [-0.2, -0.15) is 0 Å². The Hall–Kier alpha value is -2.64. The topological polar surface area (TPSA) is 103 Å². The van der Waals surface area contributed by atoms with Crippen molar-refractivity contribution in [2.24, 2.45) is 0 Å². The molecule has 0 bridgehead atoms. The molecule has 0 radical (unpaired) electrons. The van der Waals surface area contributed by atoms with Crippen LogP contribution in [0, 0.1) is 10.1 Å². The molecule has 130 valence electrons. The van der Waals surface area contributed by atoms with Crippen molar-refractivity contribution in [1.82, 2.24) is 4.90 Å². The summed E-state index contributed by atoms with van der Waals surface area (Å²) < 4.78 is 9.81. The molecule has 1 aromatic heterocycles. The van der Waals surface area contributed by atoms with Crippen molar-refractivity contribution in [1.29, 1.82) is 0 Å². The van der Waals surface area contributed by atoms with Gasteiger partial charge >= 0.3 is 11.9 Å². The molecule has 2 rings (SSSR count). The lowest BCUT2D eigenvalue weighted by molar-refractivity contribution is -0.402. The number of esters is 1. The number of nitro groups is 1. The van der Waals surface area contributed by atoms with Gasteiger partial charge in [-0.25, -0.2) is 4.79 Å². The Balaban J connectivity index is 1.84. The van der Waals surface area contributed by atoms with Crippen molar-refractivity contribution in [3.05, 3.63) is 34.1 Å². The lowest BCUT2D eigenvalue weighted by Crippen LogP contribution is -2.49. The fourth-order valence-corrected chi connectivity index (χ4v) is 2.85. The summed E-state index contributed by atoms with van der Waals surface area (Å²) in [6, 6.07) is 2.83. The summed E-state index contributed by atoms with van der Waals surface area (Å²) in [6.45, 7) is 3.65. The van der Waals surface area contributed by atoms with Crippen molar-refractivity contribution in [3.63, 3.8) is 0 Å². The summed E-state index contributed by atoms with van der Waals surface area (Å²) in [5.41, 5.74) is 0. The Bertz CT molecular complexity index is 641. The van der Waals surface area contributed by atoms with Crippen LogP contribution in [0.4, 0.5) is 5.88 Å². The molecule has 2 atom stereocenters. The van der Waals surface area contributed by atoms with Crippen LogP contribution in [-0.4, -0.2) is 40.4 Å². The summed E-state index contributed by atoms with van der Waals surface area (Å²) >= 11 is 0. The van der Waals surface area contributed by atoms with Gasteiger partial charge in [-0.1, -0.05) is 0 Å². The van der Waals surface area contributed by atoms with Gasteiger partial charge in [0.25, 0.3) is 5.91 Å². The third-order valence-corrected chi connectivity index (χ3v) is 4.00. The van der Waals surface area contributed by atoms with Gasteiger partial charge in [0.1, 0.15) is 10.7 Å². The number of carbonyl (C=O) groups excluding carboxylic acids is 2. The molecular formula is C16H20N2O6. The summed E-state index contributed by atoms with van der Waals surface area (Å²) in [6.07, 6.45) is 5.30. The highest BCUT2D eigenvalue weighted by molar-refractivity contribution is 5.89. The Morgan fingerprint density at radius 3 is 2.62 bits per heavy atom. The van der Waals surface area contributed by atoms with Gasteiger partial charge < -0.3 is 14.1 Å². The van der Waals surface area contributed by atoms with Crippen molar-refractivity contribution >= 4 is 23.8 Å². The van der Waals surface area contributed by atoms with Crippen LogP contribution in [0.25, 0.3) is 6.08 Å². The molecular weight excluding hydrogens is 316 g/mol.